The van der Waals surface area contributed by atoms with Gasteiger partial charge in [-0.25, -0.2) is 9.59 Å². The van der Waals surface area contributed by atoms with Gasteiger partial charge in [0.05, 0.1) is 30.9 Å². The Hall–Kier alpha value is -4.28. The molecule has 16 nitrogen and oxygen atoms in total. The van der Waals surface area contributed by atoms with Crippen LogP contribution in [0.3, 0.4) is 0 Å². The number of nitrogens with one attached hydrogen (secondary N) is 2. The van der Waals surface area contributed by atoms with Gasteiger partial charge in [0.1, 0.15) is 23.0 Å². The summed E-state index contributed by atoms with van der Waals surface area (Å²) in [6.07, 6.45) is 0.997. The van der Waals surface area contributed by atoms with E-state index in [2.05, 4.69) is 24.5 Å². The van der Waals surface area contributed by atoms with E-state index in [1.165, 1.54) is 36.3 Å². The normalized spacial score (nSPS) is 25.0. The van der Waals surface area contributed by atoms with Gasteiger partial charge in [-0.05, 0) is 93.9 Å². The number of urea groups is 1. The third-order valence-electron chi connectivity index (χ3n) is 12.2. The highest BCUT2D eigenvalue weighted by Crippen LogP contribution is 2.65. The number of imide groups is 1. The van der Waals surface area contributed by atoms with Crippen molar-refractivity contribution in [1.29, 1.82) is 0 Å². The van der Waals surface area contributed by atoms with Crippen LogP contribution in [0.2, 0.25) is 0 Å². The van der Waals surface area contributed by atoms with Crippen LogP contribution >= 0.6 is 7.60 Å². The van der Waals surface area contributed by atoms with Crippen LogP contribution in [0.5, 0.6) is 5.75 Å². The summed E-state index contributed by atoms with van der Waals surface area (Å²) in [6.45, 7) is 13.8. The van der Waals surface area contributed by atoms with E-state index in [1.54, 1.807) is 45.9 Å². The van der Waals surface area contributed by atoms with E-state index in [0.29, 0.717) is 17.0 Å². The van der Waals surface area contributed by atoms with Crippen LogP contribution in [-0.4, -0.2) is 106 Å². The number of piperazine rings is 1. The highest BCUT2D eigenvalue weighted by molar-refractivity contribution is 7.50. The average Bonchev–Trinajstić information content (AvgIpc) is 3.50. The number of benzene rings is 2. The van der Waals surface area contributed by atoms with Crippen molar-refractivity contribution < 1.29 is 57.1 Å². The SMILES string of the molecule is CCN1CCN(C(=O)NC(C(=O)N[C@@H](Cc2cccc(C(=O)OC(C)(C)C)c2OC)B2O[C@@H]3C[C@@H]4C[C@@H](C4(C)C)[C@]3(C)O2)c2ccc(CP(=O)(O)O)cc2)C(=O)C1=O. The number of carbonyl (C=O) groups is 5. The molecule has 314 valence electrons. The first-order valence-electron chi connectivity index (χ1n) is 19.6. The molecule has 3 saturated carbocycles. The fourth-order valence-electron chi connectivity index (χ4n) is 8.99. The second-order valence-electron chi connectivity index (χ2n) is 17.4. The Labute approximate surface area is 339 Å². The summed E-state index contributed by atoms with van der Waals surface area (Å²) in [5, 5.41) is 5.67. The molecule has 2 bridgehead atoms. The molecular formula is C40H54BN4O12P. The van der Waals surface area contributed by atoms with E-state index in [4.69, 9.17) is 18.8 Å². The van der Waals surface area contributed by atoms with Gasteiger partial charge in [-0.2, -0.15) is 0 Å². The largest absolute Gasteiger partial charge is 0.496 e. The Morgan fingerprint density at radius 3 is 2.31 bits per heavy atom. The highest BCUT2D eigenvalue weighted by Gasteiger charge is 2.68. The second-order valence-corrected chi connectivity index (χ2v) is 19.1. The third kappa shape index (κ3) is 8.69. The zero-order valence-corrected chi connectivity index (χ0v) is 35.2. The first-order valence-corrected chi connectivity index (χ1v) is 21.4. The molecule has 5 aliphatic rings. The summed E-state index contributed by atoms with van der Waals surface area (Å²) in [5.74, 6) is -3.27. The molecule has 2 saturated heterocycles. The number of carbonyl (C=O) groups excluding carboxylic acids is 5. The number of hydrogen-bond donors (Lipinski definition) is 4. The first kappa shape index (κ1) is 43.3. The van der Waals surface area contributed by atoms with Crippen LogP contribution in [0.25, 0.3) is 0 Å². The second kappa shape index (κ2) is 16.1. The zero-order chi connectivity index (χ0) is 42.5. The van der Waals surface area contributed by atoms with Crippen molar-refractivity contribution in [3.63, 3.8) is 0 Å². The molecule has 4 N–H and O–H groups in total. The molecule has 2 aromatic rings. The minimum Gasteiger partial charge on any atom is -0.496 e. The number of likely N-dealkylation sites (N-methyl/N-ethyl adjacent to an activating group) is 1. The van der Waals surface area contributed by atoms with Gasteiger partial charge < -0.3 is 44.1 Å². The van der Waals surface area contributed by atoms with E-state index in [9.17, 15) is 38.3 Å². The van der Waals surface area contributed by atoms with E-state index in [1.807, 2.05) is 6.92 Å². The van der Waals surface area contributed by atoms with Gasteiger partial charge in [-0.3, -0.25) is 23.8 Å². The van der Waals surface area contributed by atoms with Gasteiger partial charge in [-0.1, -0.05) is 50.2 Å². The summed E-state index contributed by atoms with van der Waals surface area (Å²) >= 11 is 0. The Kier molecular flexibility index (Phi) is 12.0. The number of para-hydroxylation sites is 1. The number of esters is 1. The Balaban J connectivity index is 1.35. The maximum Gasteiger partial charge on any atom is 0.482 e. The van der Waals surface area contributed by atoms with Gasteiger partial charge in [0.2, 0.25) is 5.91 Å². The van der Waals surface area contributed by atoms with Crippen molar-refractivity contribution in [3.05, 3.63) is 64.7 Å². The maximum atomic E-state index is 14.7. The summed E-state index contributed by atoms with van der Waals surface area (Å²) in [7, 11) is -3.97. The first-order chi connectivity index (χ1) is 27.1. The Morgan fingerprint density at radius 1 is 1.02 bits per heavy atom. The number of nitrogens with zero attached hydrogens (tertiary/aromatic N) is 2. The molecule has 0 aromatic heterocycles. The lowest BCUT2D eigenvalue weighted by Gasteiger charge is -2.64. The lowest BCUT2D eigenvalue weighted by molar-refractivity contribution is -0.199. The number of hydrogen-bond acceptors (Lipinski definition) is 10. The lowest BCUT2D eigenvalue weighted by Crippen LogP contribution is -2.65. The standard InChI is InChI=1S/C40H54BN4O12P/c1-9-44-17-18-45(35(48)34(44)47)37(50)43-31(24-15-13-23(14-16-24)22-58(51,52)53)33(46)42-30(41-56-29-21-26-20-28(39(26,5)6)40(29,7)57-41)19-25-11-10-12-27(32(25)54-8)36(49)55-38(2,3)4/h10-16,26,28-31H,9,17-22H2,1-8H3,(H,42,46)(H,43,50)(H2,51,52,53)/t26-,28-,29+,30-,31?,40-/m0/s1. The number of ether oxygens (including phenoxy) is 2. The molecule has 6 atom stereocenters. The van der Waals surface area contributed by atoms with Crippen LogP contribution in [0, 0.1) is 17.3 Å². The average molecular weight is 825 g/mol. The van der Waals surface area contributed by atoms with Crippen molar-refractivity contribution in [2.75, 3.05) is 26.7 Å². The zero-order valence-electron chi connectivity index (χ0n) is 34.3. The minimum absolute atomic E-state index is 0.0238. The third-order valence-corrected chi connectivity index (χ3v) is 12.9. The molecular weight excluding hydrogens is 770 g/mol. The summed E-state index contributed by atoms with van der Waals surface area (Å²) in [5.41, 5.74) is -0.187. The van der Waals surface area contributed by atoms with Gasteiger partial charge >= 0.3 is 38.5 Å². The minimum atomic E-state index is -4.42. The van der Waals surface area contributed by atoms with Gasteiger partial charge in [-0.15, -0.1) is 0 Å². The number of rotatable bonds is 12. The summed E-state index contributed by atoms with van der Waals surface area (Å²) in [4.78, 5) is 88.7. The fraction of sp³-hybridized carbons (Fsp3) is 0.575. The lowest BCUT2D eigenvalue weighted by atomic mass is 9.43. The number of methoxy groups -OCH3 is 1. The van der Waals surface area contributed by atoms with E-state index >= 15 is 0 Å². The van der Waals surface area contributed by atoms with E-state index in [-0.39, 0.29) is 60.4 Å². The summed E-state index contributed by atoms with van der Waals surface area (Å²) < 4.78 is 36.7. The molecule has 2 aromatic carbocycles. The maximum absolute atomic E-state index is 14.7. The molecule has 5 amide bonds. The highest BCUT2D eigenvalue weighted by atomic mass is 31.2. The van der Waals surface area contributed by atoms with Gasteiger partial charge in [0.25, 0.3) is 0 Å². The molecule has 7 rings (SSSR count). The molecule has 0 spiro atoms. The monoisotopic (exact) mass is 824 g/mol. The predicted octanol–water partition coefficient (Wildman–Crippen LogP) is 3.76. The molecule has 2 heterocycles. The fourth-order valence-corrected chi connectivity index (χ4v) is 9.68. The van der Waals surface area contributed by atoms with Crippen LogP contribution in [-0.2, 0) is 45.6 Å². The van der Waals surface area contributed by atoms with Crippen molar-refractivity contribution in [3.8, 4) is 5.75 Å². The Bertz CT molecular complexity index is 2000. The van der Waals surface area contributed by atoms with Crippen LogP contribution < -0.4 is 15.4 Å². The van der Waals surface area contributed by atoms with Crippen LogP contribution in [0.15, 0.2) is 42.5 Å². The summed E-state index contributed by atoms with van der Waals surface area (Å²) in [6, 6.07) is 8.35. The van der Waals surface area contributed by atoms with Crippen molar-refractivity contribution in [2.24, 2.45) is 17.3 Å². The number of amides is 5. The van der Waals surface area contributed by atoms with Crippen molar-refractivity contribution >= 4 is 44.4 Å². The van der Waals surface area contributed by atoms with Gasteiger partial charge in [0.15, 0.2) is 0 Å². The quantitative estimate of drug-likeness (QED) is 0.104. The molecule has 5 fully saturated rings. The smallest absolute Gasteiger partial charge is 0.482 e. The Morgan fingerprint density at radius 2 is 1.71 bits per heavy atom. The van der Waals surface area contributed by atoms with Gasteiger partial charge in [0, 0.05) is 19.6 Å². The molecule has 2 aliphatic heterocycles. The van der Waals surface area contributed by atoms with Crippen LogP contribution in [0.4, 0.5) is 4.79 Å². The predicted molar refractivity (Wildman–Crippen MR) is 211 cm³/mol. The molecule has 18 heteroatoms. The topological polar surface area (TPSA) is 210 Å². The molecule has 1 unspecified atom stereocenters. The van der Waals surface area contributed by atoms with E-state index < -0.39 is 73.8 Å². The van der Waals surface area contributed by atoms with Crippen molar-refractivity contribution in [1.82, 2.24) is 20.4 Å². The van der Waals surface area contributed by atoms with Crippen LogP contribution in [0.1, 0.15) is 94.4 Å². The molecule has 0 radical (unpaired) electrons. The molecule has 3 aliphatic carbocycles. The van der Waals surface area contributed by atoms with E-state index in [0.717, 1.165) is 17.7 Å². The molecule has 58 heavy (non-hydrogen) atoms. The van der Waals surface area contributed by atoms with Crippen molar-refractivity contribution in [2.45, 2.75) is 103 Å².